The van der Waals surface area contributed by atoms with Gasteiger partial charge in [-0.05, 0) is 54.3 Å². The predicted octanol–water partition coefficient (Wildman–Crippen LogP) is 5.67. The van der Waals surface area contributed by atoms with E-state index in [1.54, 1.807) is 4.68 Å². The molecule has 184 valence electrons. The lowest BCUT2D eigenvalue weighted by Crippen LogP contribution is -2.03. The quantitative estimate of drug-likeness (QED) is 0.300. The van der Waals surface area contributed by atoms with Crippen molar-refractivity contribution < 1.29 is 19.8 Å². The molecule has 5 rings (SSSR count). The molecule has 0 aliphatic rings. The second kappa shape index (κ2) is 9.66. The number of hydrogen-bond donors (Lipinski definition) is 2. The Hall–Kier alpha value is -4.85. The van der Waals surface area contributed by atoms with Crippen molar-refractivity contribution in [3.05, 3.63) is 95.2 Å². The van der Waals surface area contributed by atoms with Crippen LogP contribution in [0.25, 0.3) is 39.4 Å². The fraction of sp³-hybridized carbons (Fsp3) is 0.138. The Morgan fingerprint density at radius 1 is 0.811 bits per heavy atom. The summed E-state index contributed by atoms with van der Waals surface area (Å²) in [5.41, 5.74) is 5.48. The SMILES string of the molecule is CCc1ccc(-c2nn(-c3ccc(CC)cc3)c3nc(-c4ccc(C(=O)O)cn4)cc(C(=O)O)c23)cc1. The molecule has 0 amide bonds. The maximum atomic E-state index is 12.5. The molecule has 0 aliphatic heterocycles. The van der Waals surface area contributed by atoms with Gasteiger partial charge in [0.2, 0.25) is 0 Å². The summed E-state index contributed by atoms with van der Waals surface area (Å²) in [6, 6.07) is 20.2. The number of pyridine rings is 2. The Balaban J connectivity index is 1.79. The lowest BCUT2D eigenvalue weighted by atomic mass is 10.0. The molecule has 5 aromatic rings. The third-order valence-electron chi connectivity index (χ3n) is 6.37. The first kappa shape index (κ1) is 23.9. The average molecular weight is 493 g/mol. The zero-order valence-corrected chi connectivity index (χ0v) is 20.3. The van der Waals surface area contributed by atoms with E-state index < -0.39 is 11.9 Å². The highest BCUT2D eigenvalue weighted by molar-refractivity contribution is 6.08. The van der Waals surface area contributed by atoms with Gasteiger partial charge in [0.25, 0.3) is 0 Å². The van der Waals surface area contributed by atoms with Crippen LogP contribution in [-0.2, 0) is 12.8 Å². The van der Waals surface area contributed by atoms with Gasteiger partial charge < -0.3 is 10.2 Å². The first-order valence-electron chi connectivity index (χ1n) is 11.9. The Kier molecular flexibility index (Phi) is 6.23. The number of carboxylic acids is 2. The normalized spacial score (nSPS) is 11.1. The van der Waals surface area contributed by atoms with Crippen LogP contribution in [-0.4, -0.2) is 41.9 Å². The number of aromatic nitrogens is 4. The van der Waals surface area contributed by atoms with Gasteiger partial charge in [-0.3, -0.25) is 4.98 Å². The lowest BCUT2D eigenvalue weighted by Gasteiger charge is -2.08. The molecule has 3 aromatic heterocycles. The van der Waals surface area contributed by atoms with E-state index in [1.165, 1.54) is 24.4 Å². The van der Waals surface area contributed by atoms with Crippen molar-refractivity contribution in [3.8, 4) is 28.3 Å². The molecule has 0 unspecified atom stereocenters. The van der Waals surface area contributed by atoms with Gasteiger partial charge in [-0.2, -0.15) is 5.10 Å². The molecule has 0 saturated carbocycles. The van der Waals surface area contributed by atoms with Crippen LogP contribution < -0.4 is 0 Å². The number of carboxylic acid groups (broad SMARTS) is 2. The average Bonchev–Trinajstić information content (AvgIpc) is 3.32. The topological polar surface area (TPSA) is 118 Å². The van der Waals surface area contributed by atoms with Gasteiger partial charge in [0.15, 0.2) is 5.65 Å². The number of fused-ring (bicyclic) bond motifs is 1. The summed E-state index contributed by atoms with van der Waals surface area (Å²) in [6.07, 6.45) is 3.00. The van der Waals surface area contributed by atoms with Gasteiger partial charge in [-0.15, -0.1) is 0 Å². The predicted molar refractivity (Wildman–Crippen MR) is 140 cm³/mol. The Labute approximate surface area is 212 Å². The minimum atomic E-state index is -1.12. The molecular formula is C29H24N4O4. The van der Waals surface area contributed by atoms with Crippen LogP contribution in [0.3, 0.4) is 0 Å². The molecule has 0 radical (unpaired) electrons. The number of benzene rings is 2. The van der Waals surface area contributed by atoms with Crippen molar-refractivity contribution in [2.75, 3.05) is 0 Å². The van der Waals surface area contributed by atoms with E-state index in [1.807, 2.05) is 48.5 Å². The number of carbonyl (C=O) groups is 2. The van der Waals surface area contributed by atoms with E-state index in [0.29, 0.717) is 28.1 Å². The highest BCUT2D eigenvalue weighted by atomic mass is 16.4. The monoisotopic (exact) mass is 492 g/mol. The highest BCUT2D eigenvalue weighted by Crippen LogP contribution is 2.34. The zero-order valence-electron chi connectivity index (χ0n) is 20.3. The number of aryl methyl sites for hydroxylation is 2. The maximum absolute atomic E-state index is 12.5. The van der Waals surface area contributed by atoms with Crippen molar-refractivity contribution >= 4 is 23.0 Å². The molecule has 0 spiro atoms. The molecule has 2 aromatic carbocycles. The Morgan fingerprint density at radius 3 is 2.00 bits per heavy atom. The van der Waals surface area contributed by atoms with Crippen molar-refractivity contribution in [1.29, 1.82) is 0 Å². The third kappa shape index (κ3) is 4.45. The maximum Gasteiger partial charge on any atom is 0.337 e. The summed E-state index contributed by atoms with van der Waals surface area (Å²) in [5, 5.41) is 24.7. The van der Waals surface area contributed by atoms with Crippen LogP contribution in [0.2, 0.25) is 0 Å². The van der Waals surface area contributed by atoms with E-state index >= 15 is 0 Å². The minimum absolute atomic E-state index is 0.0298. The van der Waals surface area contributed by atoms with Crippen LogP contribution in [0.1, 0.15) is 45.7 Å². The first-order chi connectivity index (χ1) is 17.9. The molecule has 2 N–H and O–H groups in total. The fourth-order valence-electron chi connectivity index (χ4n) is 4.24. The van der Waals surface area contributed by atoms with Crippen molar-refractivity contribution in [1.82, 2.24) is 19.7 Å². The van der Waals surface area contributed by atoms with E-state index in [4.69, 9.17) is 10.1 Å². The van der Waals surface area contributed by atoms with E-state index in [2.05, 4.69) is 18.8 Å². The standard InChI is InChI=1S/C29H24N4O4/c1-3-17-5-9-19(10-6-17)26-25-22(29(36)37)15-24(23-14-11-20(16-30-23)28(34)35)31-27(25)33(32-26)21-12-7-18(4-2)8-13-21/h5-16H,3-4H2,1-2H3,(H,34,35)(H,36,37). The largest absolute Gasteiger partial charge is 0.478 e. The summed E-state index contributed by atoms with van der Waals surface area (Å²) in [6.45, 7) is 4.15. The number of rotatable bonds is 7. The van der Waals surface area contributed by atoms with Gasteiger partial charge in [-0.25, -0.2) is 19.3 Å². The van der Waals surface area contributed by atoms with Crippen LogP contribution >= 0.6 is 0 Å². The molecule has 0 fully saturated rings. The summed E-state index contributed by atoms with van der Waals surface area (Å²) in [5.74, 6) is -2.22. The summed E-state index contributed by atoms with van der Waals surface area (Å²) in [7, 11) is 0. The molecule has 8 nitrogen and oxygen atoms in total. The van der Waals surface area contributed by atoms with Gasteiger partial charge >= 0.3 is 11.9 Å². The van der Waals surface area contributed by atoms with E-state index in [-0.39, 0.29) is 11.1 Å². The second-order valence-electron chi connectivity index (χ2n) is 8.63. The van der Waals surface area contributed by atoms with Crippen LogP contribution in [0, 0.1) is 0 Å². The summed E-state index contributed by atoms with van der Waals surface area (Å²) in [4.78, 5) is 32.7. The second-order valence-corrected chi connectivity index (χ2v) is 8.63. The van der Waals surface area contributed by atoms with Gasteiger partial charge in [0.05, 0.1) is 33.6 Å². The molecule has 37 heavy (non-hydrogen) atoms. The van der Waals surface area contributed by atoms with Crippen molar-refractivity contribution in [3.63, 3.8) is 0 Å². The minimum Gasteiger partial charge on any atom is -0.478 e. The van der Waals surface area contributed by atoms with Crippen LogP contribution in [0.15, 0.2) is 72.9 Å². The molecule has 0 bridgehead atoms. The smallest absolute Gasteiger partial charge is 0.337 e. The Bertz CT molecular complexity index is 1620. The summed E-state index contributed by atoms with van der Waals surface area (Å²) < 4.78 is 1.65. The van der Waals surface area contributed by atoms with E-state index in [0.717, 1.165) is 35.2 Å². The van der Waals surface area contributed by atoms with Gasteiger partial charge in [0.1, 0.15) is 5.69 Å². The Morgan fingerprint density at radius 2 is 1.46 bits per heavy atom. The molecule has 0 saturated heterocycles. The van der Waals surface area contributed by atoms with E-state index in [9.17, 15) is 19.8 Å². The summed E-state index contributed by atoms with van der Waals surface area (Å²) >= 11 is 0. The third-order valence-corrected chi connectivity index (χ3v) is 6.37. The number of hydrogen-bond acceptors (Lipinski definition) is 5. The molecule has 0 atom stereocenters. The van der Waals surface area contributed by atoms with Gasteiger partial charge in [-0.1, -0.05) is 50.2 Å². The zero-order chi connectivity index (χ0) is 26.1. The van der Waals surface area contributed by atoms with Crippen LogP contribution in [0.5, 0.6) is 0 Å². The van der Waals surface area contributed by atoms with Crippen LogP contribution in [0.4, 0.5) is 0 Å². The molecule has 0 aliphatic carbocycles. The number of nitrogens with zero attached hydrogens (tertiary/aromatic N) is 4. The van der Waals surface area contributed by atoms with Crippen molar-refractivity contribution in [2.24, 2.45) is 0 Å². The highest BCUT2D eigenvalue weighted by Gasteiger charge is 2.23. The first-order valence-corrected chi connectivity index (χ1v) is 11.9. The number of aromatic carboxylic acids is 2. The fourth-order valence-corrected chi connectivity index (χ4v) is 4.24. The van der Waals surface area contributed by atoms with Crippen molar-refractivity contribution in [2.45, 2.75) is 26.7 Å². The molecular weight excluding hydrogens is 468 g/mol. The van der Waals surface area contributed by atoms with Gasteiger partial charge in [0, 0.05) is 11.8 Å². The molecule has 3 heterocycles. The molecule has 8 heteroatoms. The lowest BCUT2D eigenvalue weighted by molar-refractivity contribution is 0.0687.